The number of carbonyl (C=O) groups excluding carboxylic acids is 1. The van der Waals surface area contributed by atoms with E-state index in [9.17, 15) is 13.2 Å². The molecule has 168 valence electrons. The molecule has 0 aliphatic rings. The number of ether oxygens (including phenoxy) is 2. The molecule has 7 nitrogen and oxygen atoms in total. The number of nitrogens with one attached hydrogen (secondary N) is 2. The van der Waals surface area contributed by atoms with Gasteiger partial charge in [-0.3, -0.25) is 9.52 Å². The molecule has 0 heterocycles. The molecular weight excluding hydrogens is 428 g/mol. The van der Waals surface area contributed by atoms with Gasteiger partial charge in [0.05, 0.1) is 12.0 Å². The molecule has 32 heavy (non-hydrogen) atoms. The predicted octanol–water partition coefficient (Wildman–Crippen LogP) is 4.64. The van der Waals surface area contributed by atoms with E-state index in [0.717, 1.165) is 0 Å². The van der Waals surface area contributed by atoms with Crippen LogP contribution in [0.1, 0.15) is 25.3 Å². The van der Waals surface area contributed by atoms with E-state index in [0.29, 0.717) is 28.8 Å². The summed E-state index contributed by atoms with van der Waals surface area (Å²) in [4.78, 5) is 12.2. The molecule has 0 spiro atoms. The van der Waals surface area contributed by atoms with Gasteiger partial charge in [-0.15, -0.1) is 0 Å². The predicted molar refractivity (Wildman–Crippen MR) is 125 cm³/mol. The van der Waals surface area contributed by atoms with E-state index in [1.54, 1.807) is 24.3 Å². The number of methoxy groups -OCH3 is 1. The van der Waals surface area contributed by atoms with Crippen LogP contribution in [0.4, 0.5) is 11.4 Å². The molecule has 2 N–H and O–H groups in total. The van der Waals surface area contributed by atoms with Crippen LogP contribution in [0, 0.1) is 0 Å². The van der Waals surface area contributed by atoms with Crippen LogP contribution in [0.2, 0.25) is 0 Å². The number of amides is 1. The van der Waals surface area contributed by atoms with Crippen LogP contribution >= 0.6 is 0 Å². The number of anilines is 2. The van der Waals surface area contributed by atoms with Crippen LogP contribution in [0.5, 0.6) is 11.5 Å². The first kappa shape index (κ1) is 23.1. The molecular formula is C24H26N2O5S. The van der Waals surface area contributed by atoms with Crippen LogP contribution in [-0.2, 0) is 14.8 Å². The van der Waals surface area contributed by atoms with E-state index in [4.69, 9.17) is 9.47 Å². The van der Waals surface area contributed by atoms with Crippen LogP contribution in [0.15, 0.2) is 77.7 Å². The summed E-state index contributed by atoms with van der Waals surface area (Å²) >= 11 is 0. The lowest BCUT2D eigenvalue weighted by molar-refractivity contribution is -0.118. The zero-order valence-electron chi connectivity index (χ0n) is 18.2. The topological polar surface area (TPSA) is 93.7 Å². The van der Waals surface area contributed by atoms with Crippen molar-refractivity contribution >= 4 is 27.3 Å². The summed E-state index contributed by atoms with van der Waals surface area (Å²) in [7, 11) is -2.22. The average molecular weight is 455 g/mol. The van der Waals surface area contributed by atoms with Crippen molar-refractivity contribution in [3.63, 3.8) is 0 Å². The maximum absolute atomic E-state index is 12.6. The summed E-state index contributed by atoms with van der Waals surface area (Å²) in [5, 5.41) is 2.77. The van der Waals surface area contributed by atoms with Gasteiger partial charge in [-0.2, -0.15) is 0 Å². The van der Waals surface area contributed by atoms with Crippen LogP contribution in [0.25, 0.3) is 0 Å². The number of hydrogen-bond donors (Lipinski definition) is 2. The lowest BCUT2D eigenvalue weighted by atomic mass is 10.0. The van der Waals surface area contributed by atoms with Crippen molar-refractivity contribution in [1.29, 1.82) is 0 Å². The molecule has 0 atom stereocenters. The lowest BCUT2D eigenvalue weighted by Gasteiger charge is -2.11. The molecule has 3 aromatic carbocycles. The van der Waals surface area contributed by atoms with Crippen LogP contribution in [0.3, 0.4) is 0 Å². The van der Waals surface area contributed by atoms with Gasteiger partial charge in [-0.1, -0.05) is 26.0 Å². The molecule has 0 fully saturated rings. The van der Waals surface area contributed by atoms with Crippen molar-refractivity contribution in [2.24, 2.45) is 0 Å². The van der Waals surface area contributed by atoms with Gasteiger partial charge < -0.3 is 14.8 Å². The number of hydrogen-bond acceptors (Lipinski definition) is 5. The zero-order chi connectivity index (χ0) is 23.1. The Bertz CT molecular complexity index is 1140. The van der Waals surface area contributed by atoms with Gasteiger partial charge in [0.15, 0.2) is 6.61 Å². The second kappa shape index (κ2) is 10.2. The van der Waals surface area contributed by atoms with E-state index in [-0.39, 0.29) is 17.4 Å². The number of rotatable bonds is 9. The first-order valence-corrected chi connectivity index (χ1v) is 11.5. The Labute approximate surface area is 188 Å². The van der Waals surface area contributed by atoms with Crippen molar-refractivity contribution in [2.75, 3.05) is 23.8 Å². The van der Waals surface area contributed by atoms with E-state index in [2.05, 4.69) is 23.9 Å². The van der Waals surface area contributed by atoms with Gasteiger partial charge in [0, 0.05) is 11.4 Å². The summed E-state index contributed by atoms with van der Waals surface area (Å²) in [6.45, 7) is 4.02. The molecule has 0 aliphatic carbocycles. The molecule has 0 bridgehead atoms. The standard InChI is InChI=1S/C24H26N2O5S/c1-17(2)18-4-6-19(7-5-18)25-24(27)16-31-22-12-14-23(15-13-22)32(28,29)26-20-8-10-21(30-3)11-9-20/h4-15,17,26H,16H2,1-3H3,(H,25,27). The first-order valence-electron chi connectivity index (χ1n) is 10.1. The van der Waals surface area contributed by atoms with E-state index in [1.807, 2.05) is 24.3 Å². The highest BCUT2D eigenvalue weighted by molar-refractivity contribution is 7.92. The fourth-order valence-corrected chi connectivity index (χ4v) is 3.94. The Morgan fingerprint density at radius 2 is 1.41 bits per heavy atom. The van der Waals surface area contributed by atoms with Gasteiger partial charge in [-0.25, -0.2) is 8.42 Å². The normalized spacial score (nSPS) is 11.1. The summed E-state index contributed by atoms with van der Waals surface area (Å²) in [5.74, 6) is 1.13. The van der Waals surface area contributed by atoms with Crippen molar-refractivity contribution in [1.82, 2.24) is 0 Å². The monoisotopic (exact) mass is 454 g/mol. The molecule has 8 heteroatoms. The molecule has 1 amide bonds. The van der Waals surface area contributed by atoms with E-state index >= 15 is 0 Å². The minimum absolute atomic E-state index is 0.0790. The fraction of sp³-hybridized carbons (Fsp3) is 0.208. The minimum Gasteiger partial charge on any atom is -0.497 e. The Morgan fingerprint density at radius 1 is 0.844 bits per heavy atom. The molecule has 0 saturated heterocycles. The Kier molecular flexibility index (Phi) is 7.37. The third-order valence-corrected chi connectivity index (χ3v) is 6.10. The molecule has 0 unspecified atom stereocenters. The second-order valence-corrected chi connectivity index (χ2v) is 9.10. The number of sulfonamides is 1. The van der Waals surface area contributed by atoms with Gasteiger partial charge in [0.25, 0.3) is 15.9 Å². The van der Waals surface area contributed by atoms with Crippen molar-refractivity contribution < 1.29 is 22.7 Å². The van der Waals surface area contributed by atoms with Gasteiger partial charge in [-0.05, 0) is 72.1 Å². The highest BCUT2D eigenvalue weighted by Gasteiger charge is 2.14. The van der Waals surface area contributed by atoms with E-state index in [1.165, 1.54) is 36.9 Å². The summed E-state index contributed by atoms with van der Waals surface area (Å²) in [6.07, 6.45) is 0. The number of carbonyl (C=O) groups is 1. The molecule has 3 aromatic rings. The van der Waals surface area contributed by atoms with Gasteiger partial charge in [0.2, 0.25) is 0 Å². The molecule has 3 rings (SSSR count). The average Bonchev–Trinajstić information content (AvgIpc) is 2.78. The quantitative estimate of drug-likeness (QED) is 0.491. The van der Waals surface area contributed by atoms with Crippen LogP contribution in [-0.4, -0.2) is 28.0 Å². The summed E-state index contributed by atoms with van der Waals surface area (Å²) < 4.78 is 38.2. The summed E-state index contributed by atoms with van der Waals surface area (Å²) in [5.41, 5.74) is 2.30. The van der Waals surface area contributed by atoms with Gasteiger partial charge in [0.1, 0.15) is 11.5 Å². The second-order valence-electron chi connectivity index (χ2n) is 7.42. The molecule has 0 saturated carbocycles. The van der Waals surface area contributed by atoms with Crippen molar-refractivity contribution in [3.05, 3.63) is 78.4 Å². The minimum atomic E-state index is -3.76. The highest BCUT2D eigenvalue weighted by Crippen LogP contribution is 2.21. The highest BCUT2D eigenvalue weighted by atomic mass is 32.2. The summed E-state index contributed by atoms with van der Waals surface area (Å²) in [6, 6.07) is 20.1. The third kappa shape index (κ3) is 6.24. The van der Waals surface area contributed by atoms with Gasteiger partial charge >= 0.3 is 0 Å². The Morgan fingerprint density at radius 3 is 1.97 bits per heavy atom. The fourth-order valence-electron chi connectivity index (χ4n) is 2.89. The van der Waals surface area contributed by atoms with E-state index < -0.39 is 10.0 Å². The SMILES string of the molecule is COc1ccc(NS(=O)(=O)c2ccc(OCC(=O)Nc3ccc(C(C)C)cc3)cc2)cc1. The Balaban J connectivity index is 1.54. The first-order chi connectivity index (χ1) is 15.3. The number of benzene rings is 3. The molecule has 0 aromatic heterocycles. The molecule has 0 aliphatic heterocycles. The third-order valence-electron chi connectivity index (χ3n) is 4.71. The Hall–Kier alpha value is -3.52. The lowest BCUT2D eigenvalue weighted by Crippen LogP contribution is -2.20. The van der Waals surface area contributed by atoms with Crippen molar-refractivity contribution in [3.8, 4) is 11.5 Å². The maximum atomic E-state index is 12.6. The largest absolute Gasteiger partial charge is 0.497 e. The molecule has 0 radical (unpaired) electrons. The van der Waals surface area contributed by atoms with Crippen LogP contribution < -0.4 is 19.5 Å². The smallest absolute Gasteiger partial charge is 0.262 e. The maximum Gasteiger partial charge on any atom is 0.262 e. The zero-order valence-corrected chi connectivity index (χ0v) is 19.0. The van der Waals surface area contributed by atoms with Crippen molar-refractivity contribution in [2.45, 2.75) is 24.7 Å².